The van der Waals surface area contributed by atoms with Crippen molar-refractivity contribution in [2.75, 3.05) is 24.1 Å². The third kappa shape index (κ3) is 8.73. The van der Waals surface area contributed by atoms with Gasteiger partial charge >= 0.3 is 0 Å². The van der Waals surface area contributed by atoms with Crippen LogP contribution in [0.25, 0.3) is 0 Å². The predicted octanol–water partition coefficient (Wildman–Crippen LogP) is -0.0234. The van der Waals surface area contributed by atoms with Gasteiger partial charge in [-0.25, -0.2) is 0 Å². The lowest BCUT2D eigenvalue weighted by atomic mass is 9.98. The predicted molar refractivity (Wildman–Crippen MR) is 149 cm³/mol. The van der Waals surface area contributed by atoms with Crippen molar-refractivity contribution in [3.05, 3.63) is 57.5 Å². The number of hydrogen-bond donors (Lipinski definition) is 9. The van der Waals surface area contributed by atoms with Crippen molar-refractivity contribution in [3.8, 4) is 0 Å². The Labute approximate surface area is 240 Å². The fourth-order valence-corrected chi connectivity index (χ4v) is 4.03. The Kier molecular flexibility index (Phi) is 12.2. The highest BCUT2D eigenvalue weighted by molar-refractivity contribution is 9.10. The van der Waals surface area contributed by atoms with Crippen molar-refractivity contribution in [3.63, 3.8) is 0 Å². The molecule has 0 radical (unpaired) electrons. The molecule has 39 heavy (non-hydrogen) atoms. The summed E-state index contributed by atoms with van der Waals surface area (Å²) in [6.45, 7) is -1.57. The summed E-state index contributed by atoms with van der Waals surface area (Å²) in [6, 6.07) is 14.0. The summed E-state index contributed by atoms with van der Waals surface area (Å²) in [5, 5.41) is 79.4. The van der Waals surface area contributed by atoms with Crippen molar-refractivity contribution >= 4 is 55.2 Å². The van der Waals surface area contributed by atoms with Gasteiger partial charge < -0.3 is 45.2 Å². The molecule has 1 saturated heterocycles. The van der Waals surface area contributed by atoms with Gasteiger partial charge in [-0.1, -0.05) is 31.9 Å². The van der Waals surface area contributed by atoms with Crippen LogP contribution in [0.2, 0.25) is 0 Å². The van der Waals surface area contributed by atoms with E-state index >= 15 is 0 Å². The number of rotatable bonds is 12. The molecule has 0 spiro atoms. The molecule has 214 valence electrons. The Bertz CT molecular complexity index is 1090. The summed E-state index contributed by atoms with van der Waals surface area (Å²) in [5.74, 6) is 0. The highest BCUT2D eigenvalue weighted by atomic mass is 79.9. The van der Waals surface area contributed by atoms with E-state index in [1.807, 2.05) is 0 Å². The summed E-state index contributed by atoms with van der Waals surface area (Å²) in [5.41, 5.74) is 6.54. The van der Waals surface area contributed by atoms with Gasteiger partial charge in [-0.2, -0.15) is 10.2 Å². The SMILES string of the molecule is OCC(O)C(OC1OC(CO)C(O)C(O)C1O)C(O)C(/C=N/Nc1ccc(Br)cc1)=N/Nc1ccc(Br)cc1. The Hall–Kier alpha value is -2.02. The molecule has 2 aromatic carbocycles. The average Bonchev–Trinajstić information content (AvgIpc) is 2.94. The molecule has 3 rings (SSSR count). The van der Waals surface area contributed by atoms with Crippen LogP contribution >= 0.6 is 31.9 Å². The second-order valence-corrected chi connectivity index (χ2v) is 10.4. The van der Waals surface area contributed by atoms with Gasteiger partial charge in [0.05, 0.1) is 30.8 Å². The highest BCUT2D eigenvalue weighted by Crippen LogP contribution is 2.25. The molecule has 1 aliphatic rings. The van der Waals surface area contributed by atoms with E-state index in [0.29, 0.717) is 11.4 Å². The molecule has 0 aliphatic carbocycles. The van der Waals surface area contributed by atoms with Crippen LogP contribution in [0.5, 0.6) is 0 Å². The van der Waals surface area contributed by atoms with Gasteiger partial charge in [-0.3, -0.25) is 10.9 Å². The second kappa shape index (κ2) is 15.1. The summed E-state index contributed by atoms with van der Waals surface area (Å²) in [4.78, 5) is 0. The number of aliphatic hydroxyl groups is 7. The van der Waals surface area contributed by atoms with Crippen molar-refractivity contribution in [1.82, 2.24) is 0 Å². The van der Waals surface area contributed by atoms with Gasteiger partial charge in [0.2, 0.25) is 0 Å². The molecule has 9 N–H and O–H groups in total. The molecular formula is C24H30Br2N4O9. The first-order valence-electron chi connectivity index (χ1n) is 11.7. The first-order chi connectivity index (χ1) is 18.6. The Morgan fingerprint density at radius 3 is 2.00 bits per heavy atom. The molecule has 8 unspecified atom stereocenters. The lowest BCUT2D eigenvalue weighted by Gasteiger charge is -2.41. The molecule has 1 heterocycles. The molecule has 1 fully saturated rings. The molecule has 0 bridgehead atoms. The first-order valence-corrected chi connectivity index (χ1v) is 13.3. The number of hydrogen-bond acceptors (Lipinski definition) is 13. The Balaban J connectivity index is 1.87. The van der Waals surface area contributed by atoms with Crippen molar-refractivity contribution in [1.29, 1.82) is 0 Å². The van der Waals surface area contributed by atoms with E-state index in [1.54, 1.807) is 48.5 Å². The lowest BCUT2D eigenvalue weighted by Crippen LogP contribution is -2.61. The zero-order valence-electron chi connectivity index (χ0n) is 20.3. The van der Waals surface area contributed by atoms with Gasteiger partial charge in [0.15, 0.2) is 6.29 Å². The Morgan fingerprint density at radius 2 is 1.46 bits per heavy atom. The number of benzene rings is 2. The largest absolute Gasteiger partial charge is 0.394 e. The second-order valence-electron chi connectivity index (χ2n) is 8.52. The number of hydrazone groups is 2. The summed E-state index contributed by atoms with van der Waals surface area (Å²) >= 11 is 6.68. The number of anilines is 2. The number of nitrogens with one attached hydrogen (secondary N) is 2. The van der Waals surface area contributed by atoms with Gasteiger partial charge in [0, 0.05) is 8.95 Å². The molecule has 1 aliphatic heterocycles. The quantitative estimate of drug-likeness (QED) is 0.108. The first kappa shape index (κ1) is 31.5. The van der Waals surface area contributed by atoms with Crippen LogP contribution in [0.3, 0.4) is 0 Å². The number of nitrogens with zero attached hydrogens (tertiary/aromatic N) is 2. The third-order valence-corrected chi connectivity index (χ3v) is 6.77. The van der Waals surface area contributed by atoms with Crippen LogP contribution in [0.15, 0.2) is 67.7 Å². The van der Waals surface area contributed by atoms with E-state index < -0.39 is 62.2 Å². The topological polar surface area (TPSA) is 209 Å². The zero-order valence-corrected chi connectivity index (χ0v) is 23.5. The summed E-state index contributed by atoms with van der Waals surface area (Å²) in [7, 11) is 0. The summed E-state index contributed by atoms with van der Waals surface area (Å²) in [6.07, 6.45) is -12.2. The maximum absolute atomic E-state index is 11.2. The summed E-state index contributed by atoms with van der Waals surface area (Å²) < 4.78 is 12.6. The average molecular weight is 678 g/mol. The smallest absolute Gasteiger partial charge is 0.187 e. The van der Waals surface area contributed by atoms with Gasteiger partial charge in [0.1, 0.15) is 48.4 Å². The fraction of sp³-hybridized carbons (Fsp3) is 0.417. The number of ether oxygens (including phenoxy) is 2. The van der Waals surface area contributed by atoms with Gasteiger partial charge in [-0.15, -0.1) is 0 Å². The van der Waals surface area contributed by atoms with E-state index in [-0.39, 0.29) is 5.71 Å². The zero-order chi connectivity index (χ0) is 28.5. The van der Waals surface area contributed by atoms with Gasteiger partial charge in [0.25, 0.3) is 0 Å². The lowest BCUT2D eigenvalue weighted by molar-refractivity contribution is -0.322. The molecule has 15 heteroatoms. The minimum Gasteiger partial charge on any atom is -0.394 e. The molecule has 8 atom stereocenters. The molecule has 13 nitrogen and oxygen atoms in total. The normalized spacial score (nSPS) is 26.3. The standard InChI is InChI=1S/C24H30Br2N4O9/c25-12-1-5-14(6-2-12)28-27-9-16(30-29-15-7-3-13(26)4-8-15)19(34)23(17(33)10-31)39-24-22(37)21(36)20(35)18(11-32)38-24/h1-9,17-24,28-29,31-37H,10-11H2/b27-9+,30-16+. The maximum Gasteiger partial charge on any atom is 0.187 e. The molecule has 0 amide bonds. The van der Waals surface area contributed by atoms with Crippen molar-refractivity contribution in [2.45, 2.75) is 49.0 Å². The molecule has 0 saturated carbocycles. The van der Waals surface area contributed by atoms with E-state index in [9.17, 15) is 35.7 Å². The van der Waals surface area contributed by atoms with Crippen molar-refractivity contribution in [2.24, 2.45) is 10.2 Å². The van der Waals surface area contributed by atoms with E-state index in [1.165, 1.54) is 0 Å². The number of aliphatic hydroxyl groups excluding tert-OH is 7. The van der Waals surface area contributed by atoms with E-state index in [4.69, 9.17) is 9.47 Å². The minimum atomic E-state index is -1.81. The number of halogens is 2. The van der Waals surface area contributed by atoms with E-state index in [2.05, 4.69) is 52.9 Å². The van der Waals surface area contributed by atoms with Gasteiger partial charge in [-0.05, 0) is 48.5 Å². The monoisotopic (exact) mass is 676 g/mol. The molecule has 2 aromatic rings. The van der Waals surface area contributed by atoms with Crippen LogP contribution in [0.1, 0.15) is 0 Å². The van der Waals surface area contributed by atoms with E-state index in [0.717, 1.165) is 15.2 Å². The molecule has 0 aromatic heterocycles. The van der Waals surface area contributed by atoms with Crippen LogP contribution in [-0.4, -0.2) is 110 Å². The third-order valence-electron chi connectivity index (χ3n) is 5.71. The Morgan fingerprint density at radius 1 is 0.897 bits per heavy atom. The van der Waals surface area contributed by atoms with Crippen LogP contribution < -0.4 is 10.9 Å². The highest BCUT2D eigenvalue weighted by Gasteiger charge is 2.46. The fourth-order valence-electron chi connectivity index (χ4n) is 3.50. The van der Waals surface area contributed by atoms with Crippen LogP contribution in [-0.2, 0) is 9.47 Å². The maximum atomic E-state index is 11.2. The minimum absolute atomic E-state index is 0.162. The van der Waals surface area contributed by atoms with Crippen molar-refractivity contribution < 1.29 is 45.2 Å². The molecular weight excluding hydrogens is 648 g/mol. The van der Waals surface area contributed by atoms with Crippen LogP contribution in [0, 0.1) is 0 Å². The van der Waals surface area contributed by atoms with Crippen LogP contribution in [0.4, 0.5) is 11.4 Å².